The SMILES string of the molecule is Cc1ccc(Br)c(NC2(CN)CCCS(=O)(=O)C2)c1. The number of aryl methyl sites for hydroxylation is 1. The molecule has 1 fully saturated rings. The molecule has 1 aromatic carbocycles. The molecule has 0 spiro atoms. The number of nitrogens with two attached hydrogens (primary N) is 1. The molecular formula is C13H19BrN2O2S. The van der Waals surface area contributed by atoms with Crippen molar-refractivity contribution < 1.29 is 8.42 Å². The fraction of sp³-hybridized carbons (Fsp3) is 0.538. The van der Waals surface area contributed by atoms with Crippen LogP contribution < -0.4 is 11.1 Å². The second-order valence-corrected chi connectivity index (χ2v) is 8.33. The van der Waals surface area contributed by atoms with Crippen LogP contribution in [-0.4, -0.2) is 32.0 Å². The number of sulfone groups is 1. The molecule has 0 radical (unpaired) electrons. The van der Waals surface area contributed by atoms with E-state index >= 15 is 0 Å². The fourth-order valence-corrected chi connectivity index (χ4v) is 4.78. The van der Waals surface area contributed by atoms with Crippen molar-refractivity contribution in [1.82, 2.24) is 0 Å². The van der Waals surface area contributed by atoms with Crippen molar-refractivity contribution in [2.45, 2.75) is 25.3 Å². The van der Waals surface area contributed by atoms with Crippen LogP contribution in [-0.2, 0) is 9.84 Å². The molecule has 0 aliphatic carbocycles. The van der Waals surface area contributed by atoms with Gasteiger partial charge in [0.15, 0.2) is 9.84 Å². The third-order valence-electron chi connectivity index (χ3n) is 3.52. The highest BCUT2D eigenvalue weighted by molar-refractivity contribution is 9.10. The topological polar surface area (TPSA) is 72.2 Å². The van der Waals surface area contributed by atoms with Crippen LogP contribution in [0.2, 0.25) is 0 Å². The van der Waals surface area contributed by atoms with Gasteiger partial charge in [-0.05, 0) is 53.4 Å². The molecule has 6 heteroatoms. The van der Waals surface area contributed by atoms with E-state index in [4.69, 9.17) is 5.73 Å². The van der Waals surface area contributed by atoms with Gasteiger partial charge in [0.25, 0.3) is 0 Å². The van der Waals surface area contributed by atoms with E-state index in [-0.39, 0.29) is 11.5 Å². The minimum Gasteiger partial charge on any atom is -0.376 e. The smallest absolute Gasteiger partial charge is 0.152 e. The van der Waals surface area contributed by atoms with Crippen molar-refractivity contribution in [3.63, 3.8) is 0 Å². The first-order chi connectivity index (χ1) is 8.86. The van der Waals surface area contributed by atoms with E-state index in [1.165, 1.54) is 0 Å². The van der Waals surface area contributed by atoms with Gasteiger partial charge in [-0.25, -0.2) is 8.42 Å². The molecule has 1 heterocycles. The summed E-state index contributed by atoms with van der Waals surface area (Å²) in [4.78, 5) is 0. The predicted molar refractivity (Wildman–Crippen MR) is 82.2 cm³/mol. The maximum atomic E-state index is 11.9. The molecule has 1 saturated heterocycles. The maximum absolute atomic E-state index is 11.9. The van der Waals surface area contributed by atoms with Crippen molar-refractivity contribution in [2.75, 3.05) is 23.4 Å². The Labute approximate surface area is 122 Å². The average Bonchev–Trinajstić information content (AvgIpc) is 2.33. The van der Waals surface area contributed by atoms with Crippen molar-refractivity contribution in [3.8, 4) is 0 Å². The third kappa shape index (κ3) is 3.49. The number of rotatable bonds is 3. The molecule has 2 rings (SSSR count). The molecule has 3 N–H and O–H groups in total. The zero-order chi connectivity index (χ0) is 14.1. The number of halogens is 1. The maximum Gasteiger partial charge on any atom is 0.152 e. The molecule has 1 aliphatic heterocycles. The Kier molecular flexibility index (Phi) is 4.23. The largest absolute Gasteiger partial charge is 0.376 e. The molecule has 1 unspecified atom stereocenters. The van der Waals surface area contributed by atoms with Crippen molar-refractivity contribution >= 4 is 31.5 Å². The molecule has 19 heavy (non-hydrogen) atoms. The molecule has 0 saturated carbocycles. The highest BCUT2D eigenvalue weighted by atomic mass is 79.9. The molecular weight excluding hydrogens is 328 g/mol. The molecule has 0 bridgehead atoms. The number of hydrogen-bond donors (Lipinski definition) is 2. The Balaban J connectivity index is 2.30. The molecule has 0 aromatic heterocycles. The normalized spacial score (nSPS) is 26.1. The van der Waals surface area contributed by atoms with Gasteiger partial charge in [-0.3, -0.25) is 0 Å². The van der Waals surface area contributed by atoms with E-state index in [0.717, 1.165) is 22.1 Å². The first-order valence-electron chi connectivity index (χ1n) is 6.31. The van der Waals surface area contributed by atoms with Gasteiger partial charge in [0.05, 0.1) is 17.0 Å². The summed E-state index contributed by atoms with van der Waals surface area (Å²) in [5, 5.41) is 3.36. The molecule has 1 aliphatic rings. The molecule has 0 amide bonds. The first-order valence-corrected chi connectivity index (χ1v) is 8.92. The lowest BCUT2D eigenvalue weighted by Crippen LogP contribution is -2.54. The second-order valence-electron chi connectivity index (χ2n) is 5.29. The van der Waals surface area contributed by atoms with Crippen LogP contribution in [0.4, 0.5) is 5.69 Å². The van der Waals surface area contributed by atoms with Gasteiger partial charge in [0.2, 0.25) is 0 Å². The Morgan fingerprint density at radius 1 is 1.47 bits per heavy atom. The van der Waals surface area contributed by atoms with Gasteiger partial charge in [-0.2, -0.15) is 0 Å². The summed E-state index contributed by atoms with van der Waals surface area (Å²) >= 11 is 3.49. The van der Waals surface area contributed by atoms with Crippen molar-refractivity contribution in [2.24, 2.45) is 5.73 Å². The van der Waals surface area contributed by atoms with E-state index in [9.17, 15) is 8.42 Å². The second kappa shape index (κ2) is 5.42. The van der Waals surface area contributed by atoms with E-state index in [2.05, 4.69) is 21.2 Å². The van der Waals surface area contributed by atoms with E-state index in [0.29, 0.717) is 13.0 Å². The van der Waals surface area contributed by atoms with Crippen molar-refractivity contribution in [3.05, 3.63) is 28.2 Å². The summed E-state index contributed by atoms with van der Waals surface area (Å²) in [7, 11) is -3.00. The van der Waals surface area contributed by atoms with Gasteiger partial charge in [-0.15, -0.1) is 0 Å². The van der Waals surface area contributed by atoms with Gasteiger partial charge in [0, 0.05) is 16.7 Å². The predicted octanol–water partition coefficient (Wildman–Crippen LogP) is 2.08. The molecule has 1 aromatic rings. The summed E-state index contributed by atoms with van der Waals surface area (Å²) in [5.74, 6) is 0.377. The standard InChI is InChI=1S/C13H19BrN2O2S/c1-10-3-4-11(14)12(7-10)16-13(8-15)5-2-6-19(17,18)9-13/h3-4,7,16H,2,5-6,8-9,15H2,1H3. The van der Waals surface area contributed by atoms with Crippen molar-refractivity contribution in [1.29, 1.82) is 0 Å². The molecule has 4 nitrogen and oxygen atoms in total. The Bertz CT molecular complexity index is 574. The number of hydrogen-bond acceptors (Lipinski definition) is 4. The minimum absolute atomic E-state index is 0.108. The molecule has 1 atom stereocenters. The zero-order valence-electron chi connectivity index (χ0n) is 10.9. The summed E-state index contributed by atoms with van der Waals surface area (Å²) in [6, 6.07) is 5.96. The summed E-state index contributed by atoms with van der Waals surface area (Å²) in [6.45, 7) is 2.32. The van der Waals surface area contributed by atoms with Crippen LogP contribution in [0.5, 0.6) is 0 Å². The Morgan fingerprint density at radius 2 is 2.21 bits per heavy atom. The van der Waals surface area contributed by atoms with Crippen LogP contribution >= 0.6 is 15.9 Å². The Hall–Kier alpha value is -0.590. The quantitative estimate of drug-likeness (QED) is 0.878. The van der Waals surface area contributed by atoms with Crippen LogP contribution in [0.25, 0.3) is 0 Å². The van der Waals surface area contributed by atoms with Gasteiger partial charge in [-0.1, -0.05) is 6.07 Å². The lowest BCUT2D eigenvalue weighted by atomic mass is 9.95. The van der Waals surface area contributed by atoms with Gasteiger partial charge >= 0.3 is 0 Å². The molecule has 106 valence electrons. The average molecular weight is 347 g/mol. The summed E-state index contributed by atoms with van der Waals surface area (Å²) in [6.07, 6.45) is 1.44. The highest BCUT2D eigenvalue weighted by Gasteiger charge is 2.38. The lowest BCUT2D eigenvalue weighted by Gasteiger charge is -2.38. The zero-order valence-corrected chi connectivity index (χ0v) is 13.4. The summed E-state index contributed by atoms with van der Waals surface area (Å²) in [5.41, 5.74) is 7.33. The fourth-order valence-electron chi connectivity index (χ4n) is 2.53. The van der Waals surface area contributed by atoms with Crippen LogP contribution in [0, 0.1) is 6.92 Å². The van der Waals surface area contributed by atoms with Gasteiger partial charge in [0.1, 0.15) is 0 Å². The lowest BCUT2D eigenvalue weighted by molar-refractivity contribution is 0.450. The van der Waals surface area contributed by atoms with Crippen LogP contribution in [0.15, 0.2) is 22.7 Å². The first kappa shape index (κ1) is 14.8. The Morgan fingerprint density at radius 3 is 2.84 bits per heavy atom. The number of nitrogens with one attached hydrogen (secondary N) is 1. The monoisotopic (exact) mass is 346 g/mol. The van der Waals surface area contributed by atoms with E-state index in [1.807, 2.05) is 25.1 Å². The van der Waals surface area contributed by atoms with Crippen LogP contribution in [0.3, 0.4) is 0 Å². The van der Waals surface area contributed by atoms with Gasteiger partial charge < -0.3 is 11.1 Å². The third-order valence-corrected chi connectivity index (χ3v) is 6.11. The van der Waals surface area contributed by atoms with E-state index in [1.54, 1.807) is 0 Å². The number of anilines is 1. The number of benzene rings is 1. The highest BCUT2D eigenvalue weighted by Crippen LogP contribution is 2.31. The van der Waals surface area contributed by atoms with E-state index < -0.39 is 15.4 Å². The minimum atomic E-state index is -3.00. The van der Waals surface area contributed by atoms with Crippen LogP contribution in [0.1, 0.15) is 18.4 Å². The summed E-state index contributed by atoms with van der Waals surface area (Å²) < 4.78 is 24.6.